The summed E-state index contributed by atoms with van der Waals surface area (Å²) < 4.78 is 23.2. The molecule has 1 saturated heterocycles. The smallest absolute Gasteiger partial charge is 0.263 e. The maximum Gasteiger partial charge on any atom is 0.263 e. The summed E-state index contributed by atoms with van der Waals surface area (Å²) in [5, 5.41) is 17.7. The zero-order valence-corrected chi connectivity index (χ0v) is 11.0. The molecular formula is C12H9N3O3S. The lowest BCUT2D eigenvalue weighted by Crippen LogP contribution is -2.67. The quantitative estimate of drug-likeness (QED) is 0.757. The number of nitrogens with zero attached hydrogens (tertiary/aromatic N) is 3. The highest BCUT2D eigenvalue weighted by Gasteiger charge is 2.60. The number of benzene rings is 1. The summed E-state index contributed by atoms with van der Waals surface area (Å²) in [5.74, 6) is -0.555. The molecule has 19 heavy (non-hydrogen) atoms. The van der Waals surface area contributed by atoms with Crippen LogP contribution in [0.5, 0.6) is 0 Å². The van der Waals surface area contributed by atoms with Crippen LogP contribution in [0, 0.1) is 22.7 Å². The highest BCUT2D eigenvalue weighted by atomic mass is 32.2. The number of hydrogen-bond donors (Lipinski definition) is 0. The molecule has 0 atom stereocenters. The largest absolute Gasteiger partial charge is 0.272 e. The molecular weight excluding hydrogens is 266 g/mol. The van der Waals surface area contributed by atoms with E-state index in [4.69, 9.17) is 10.5 Å². The fourth-order valence-corrected chi connectivity index (χ4v) is 3.23. The Morgan fingerprint density at radius 3 is 2.21 bits per heavy atom. The number of anilines is 1. The van der Waals surface area contributed by atoms with Gasteiger partial charge in [0.1, 0.15) is 12.1 Å². The van der Waals surface area contributed by atoms with Gasteiger partial charge in [-0.3, -0.25) is 4.79 Å². The average molecular weight is 275 g/mol. The zero-order valence-electron chi connectivity index (χ0n) is 10.2. The number of carbonyl (C=O) groups is 1. The molecule has 1 aromatic carbocycles. The van der Waals surface area contributed by atoms with Gasteiger partial charge in [0, 0.05) is 0 Å². The van der Waals surface area contributed by atoms with Crippen LogP contribution in [0.1, 0.15) is 25.0 Å². The lowest BCUT2D eigenvalue weighted by molar-refractivity contribution is -0.120. The third-order valence-electron chi connectivity index (χ3n) is 3.06. The maximum absolute atomic E-state index is 12.0. The van der Waals surface area contributed by atoms with E-state index in [1.54, 1.807) is 6.07 Å². The first-order valence-electron chi connectivity index (χ1n) is 5.31. The Hall–Kier alpha value is -2.38. The van der Waals surface area contributed by atoms with Crippen LogP contribution < -0.4 is 4.31 Å². The molecule has 0 aromatic heterocycles. The normalized spacial score (nSPS) is 19.2. The molecule has 0 N–H and O–H groups in total. The Labute approximate surface area is 110 Å². The van der Waals surface area contributed by atoms with Gasteiger partial charge in [0.2, 0.25) is 0 Å². The minimum Gasteiger partial charge on any atom is -0.272 e. The van der Waals surface area contributed by atoms with E-state index in [0.29, 0.717) is 4.31 Å². The van der Waals surface area contributed by atoms with Crippen LogP contribution in [0.3, 0.4) is 0 Å². The van der Waals surface area contributed by atoms with Crippen LogP contribution in [-0.4, -0.2) is 19.1 Å². The van der Waals surface area contributed by atoms with Gasteiger partial charge in [0.05, 0.1) is 16.8 Å². The highest BCUT2D eigenvalue weighted by molar-refractivity contribution is 7.98. The van der Waals surface area contributed by atoms with E-state index in [1.807, 2.05) is 6.07 Å². The second-order valence-corrected chi connectivity index (χ2v) is 6.87. The minimum absolute atomic E-state index is 0.0349. The standard InChI is InChI=1S/C12H9N3O3S/c1-12(2)11(16)15(19(12,17)18)10-4-3-8(6-13)9(5-10)7-14/h3-5H,1-2H3. The molecule has 6 nitrogen and oxygen atoms in total. The number of sulfonamides is 1. The summed E-state index contributed by atoms with van der Waals surface area (Å²) in [6.45, 7) is 2.66. The second kappa shape index (κ2) is 3.81. The first kappa shape index (κ1) is 13.1. The number of hydrogen-bond acceptors (Lipinski definition) is 5. The summed E-state index contributed by atoms with van der Waals surface area (Å²) in [7, 11) is -3.76. The lowest BCUT2D eigenvalue weighted by atomic mass is 10.1. The Kier molecular flexibility index (Phi) is 2.62. The predicted molar refractivity (Wildman–Crippen MR) is 66.4 cm³/mol. The molecule has 1 aromatic rings. The van der Waals surface area contributed by atoms with E-state index in [0.717, 1.165) is 0 Å². The molecule has 7 heteroatoms. The van der Waals surface area contributed by atoms with E-state index in [2.05, 4.69) is 0 Å². The topological polar surface area (TPSA) is 102 Å². The summed E-state index contributed by atoms with van der Waals surface area (Å²) in [4.78, 5) is 11.9. The molecule has 1 fully saturated rings. The molecule has 1 aliphatic rings. The Morgan fingerprint density at radius 1 is 1.16 bits per heavy atom. The van der Waals surface area contributed by atoms with Crippen molar-refractivity contribution >= 4 is 21.6 Å². The Balaban J connectivity index is 2.56. The summed E-state index contributed by atoms with van der Waals surface area (Å²) in [6, 6.07) is 7.50. The highest BCUT2D eigenvalue weighted by Crippen LogP contribution is 2.39. The average Bonchev–Trinajstić information content (AvgIpc) is 2.38. The minimum atomic E-state index is -3.76. The van der Waals surface area contributed by atoms with Crippen molar-refractivity contribution in [2.24, 2.45) is 0 Å². The molecule has 1 heterocycles. The first-order chi connectivity index (χ1) is 8.77. The summed E-state index contributed by atoms with van der Waals surface area (Å²) in [5.41, 5.74) is 0.253. The fourth-order valence-electron chi connectivity index (χ4n) is 1.76. The number of amides is 1. The zero-order chi connectivity index (χ0) is 14.4. The summed E-state index contributed by atoms with van der Waals surface area (Å²) in [6.07, 6.45) is 0. The molecule has 0 spiro atoms. The summed E-state index contributed by atoms with van der Waals surface area (Å²) >= 11 is 0. The van der Waals surface area contributed by atoms with Crippen LogP contribution in [-0.2, 0) is 14.8 Å². The monoisotopic (exact) mass is 275 g/mol. The van der Waals surface area contributed by atoms with Crippen molar-refractivity contribution in [2.75, 3.05) is 4.31 Å². The van der Waals surface area contributed by atoms with Gasteiger partial charge >= 0.3 is 0 Å². The molecule has 0 bridgehead atoms. The first-order valence-corrected chi connectivity index (χ1v) is 6.75. The predicted octanol–water partition coefficient (Wildman–Crippen LogP) is 0.885. The number of carbonyl (C=O) groups excluding carboxylic acids is 1. The molecule has 0 unspecified atom stereocenters. The second-order valence-electron chi connectivity index (χ2n) is 4.54. The molecule has 0 radical (unpaired) electrons. The van der Waals surface area contributed by atoms with Crippen molar-refractivity contribution < 1.29 is 13.2 Å². The van der Waals surface area contributed by atoms with Crippen LogP contribution in [0.4, 0.5) is 5.69 Å². The number of rotatable bonds is 1. The van der Waals surface area contributed by atoms with Crippen LogP contribution >= 0.6 is 0 Å². The molecule has 0 aliphatic carbocycles. The van der Waals surface area contributed by atoms with E-state index in [1.165, 1.54) is 32.0 Å². The van der Waals surface area contributed by atoms with Crippen molar-refractivity contribution in [1.29, 1.82) is 10.5 Å². The van der Waals surface area contributed by atoms with Crippen molar-refractivity contribution in [1.82, 2.24) is 0 Å². The molecule has 96 valence electrons. The van der Waals surface area contributed by atoms with E-state index in [9.17, 15) is 13.2 Å². The van der Waals surface area contributed by atoms with Crippen molar-refractivity contribution in [3.8, 4) is 12.1 Å². The van der Waals surface area contributed by atoms with Crippen molar-refractivity contribution in [3.63, 3.8) is 0 Å². The van der Waals surface area contributed by atoms with Crippen LogP contribution in [0.25, 0.3) is 0 Å². The van der Waals surface area contributed by atoms with Gasteiger partial charge in [-0.2, -0.15) is 10.5 Å². The SMILES string of the molecule is CC1(C)C(=O)N(c2ccc(C#N)c(C#N)c2)S1(=O)=O. The van der Waals surface area contributed by atoms with Gasteiger partial charge in [0.15, 0.2) is 4.75 Å². The Bertz CT molecular complexity index is 766. The van der Waals surface area contributed by atoms with Gasteiger partial charge in [-0.05, 0) is 32.0 Å². The van der Waals surface area contributed by atoms with Gasteiger partial charge in [-0.15, -0.1) is 0 Å². The number of nitriles is 2. The van der Waals surface area contributed by atoms with Gasteiger partial charge < -0.3 is 0 Å². The molecule has 2 rings (SSSR count). The van der Waals surface area contributed by atoms with E-state index >= 15 is 0 Å². The van der Waals surface area contributed by atoms with Gasteiger partial charge in [-0.1, -0.05) is 0 Å². The maximum atomic E-state index is 12.0. The molecule has 1 aliphatic heterocycles. The third kappa shape index (κ3) is 1.52. The molecule has 0 saturated carbocycles. The lowest BCUT2D eigenvalue weighted by Gasteiger charge is -2.42. The van der Waals surface area contributed by atoms with E-state index in [-0.39, 0.29) is 16.8 Å². The Morgan fingerprint density at radius 2 is 1.74 bits per heavy atom. The third-order valence-corrected chi connectivity index (χ3v) is 5.39. The van der Waals surface area contributed by atoms with Gasteiger partial charge in [-0.25, -0.2) is 12.7 Å². The fraction of sp³-hybridized carbons (Fsp3) is 0.250. The van der Waals surface area contributed by atoms with Gasteiger partial charge in [0.25, 0.3) is 15.9 Å². The van der Waals surface area contributed by atoms with E-state index < -0.39 is 20.7 Å². The molecule has 1 amide bonds. The van der Waals surface area contributed by atoms with Crippen LogP contribution in [0.2, 0.25) is 0 Å². The van der Waals surface area contributed by atoms with Crippen molar-refractivity contribution in [3.05, 3.63) is 29.3 Å². The van der Waals surface area contributed by atoms with Crippen LogP contribution in [0.15, 0.2) is 18.2 Å². The van der Waals surface area contributed by atoms with Crippen molar-refractivity contribution in [2.45, 2.75) is 18.6 Å².